The van der Waals surface area contributed by atoms with Crippen LogP contribution in [0.4, 0.5) is 0 Å². The summed E-state index contributed by atoms with van der Waals surface area (Å²) in [5.74, 6) is -0.0774. The van der Waals surface area contributed by atoms with Crippen molar-refractivity contribution in [1.29, 1.82) is 0 Å². The van der Waals surface area contributed by atoms with Crippen LogP contribution in [0, 0.1) is 0 Å². The first-order valence-electron chi connectivity index (χ1n) is 6.06. The second-order valence-electron chi connectivity index (χ2n) is 4.23. The van der Waals surface area contributed by atoms with Gasteiger partial charge in [0.05, 0.1) is 0 Å². The lowest BCUT2D eigenvalue weighted by Gasteiger charge is -2.05. The predicted molar refractivity (Wildman–Crippen MR) is 76.0 cm³/mol. The molecule has 0 saturated heterocycles. The molecule has 0 unspecified atom stereocenters. The summed E-state index contributed by atoms with van der Waals surface area (Å²) in [5, 5.41) is 0. The fraction of sp³-hybridized carbons (Fsp3) is 0.0588. The summed E-state index contributed by atoms with van der Waals surface area (Å²) in [4.78, 5) is 23.4. The van der Waals surface area contributed by atoms with E-state index in [1.165, 1.54) is 13.0 Å². The topological polar surface area (TPSA) is 34.1 Å². The molecule has 0 aliphatic carbocycles. The largest absolute Gasteiger partial charge is 0.295 e. The molecule has 0 radical (unpaired) electrons. The molecule has 2 aromatic rings. The van der Waals surface area contributed by atoms with Gasteiger partial charge in [-0.1, -0.05) is 60.7 Å². The molecule has 0 atom stereocenters. The average molecular weight is 250 g/mol. The van der Waals surface area contributed by atoms with Gasteiger partial charge in [0.1, 0.15) is 0 Å². The van der Waals surface area contributed by atoms with E-state index in [0.717, 1.165) is 5.56 Å². The van der Waals surface area contributed by atoms with Crippen molar-refractivity contribution in [3.05, 3.63) is 77.4 Å². The van der Waals surface area contributed by atoms with Crippen LogP contribution in [0.2, 0.25) is 0 Å². The zero-order valence-corrected chi connectivity index (χ0v) is 10.7. The maximum absolute atomic E-state index is 12.4. The number of carbonyl (C=O) groups excluding carboxylic acids is 2. The van der Waals surface area contributed by atoms with Gasteiger partial charge in [0.25, 0.3) is 0 Å². The molecule has 2 nitrogen and oxygen atoms in total. The molecule has 0 heterocycles. The third kappa shape index (κ3) is 3.26. The standard InChI is InChI=1S/C17H14O2/c1-13(18)11-12-14-7-5-6-10-16(14)17(19)15-8-3-2-4-9-15/h2-12H,1H3/b12-11+. The molecule has 0 bridgehead atoms. The first-order valence-corrected chi connectivity index (χ1v) is 6.06. The lowest BCUT2D eigenvalue weighted by atomic mass is 9.98. The third-order valence-electron chi connectivity index (χ3n) is 2.74. The molecule has 0 spiro atoms. The second kappa shape index (κ2) is 5.91. The van der Waals surface area contributed by atoms with Crippen molar-refractivity contribution in [2.75, 3.05) is 0 Å². The molecule has 0 saturated carbocycles. The van der Waals surface area contributed by atoms with E-state index in [1.807, 2.05) is 36.4 Å². The van der Waals surface area contributed by atoms with Gasteiger partial charge in [-0.25, -0.2) is 0 Å². The fourth-order valence-corrected chi connectivity index (χ4v) is 1.80. The quantitative estimate of drug-likeness (QED) is 0.614. The van der Waals surface area contributed by atoms with E-state index in [2.05, 4.69) is 0 Å². The molecular formula is C17H14O2. The van der Waals surface area contributed by atoms with Gasteiger partial charge in [-0.15, -0.1) is 0 Å². The molecule has 2 heteroatoms. The number of hydrogen-bond acceptors (Lipinski definition) is 2. The average Bonchev–Trinajstić information content (AvgIpc) is 2.45. The summed E-state index contributed by atoms with van der Waals surface area (Å²) < 4.78 is 0. The SMILES string of the molecule is CC(=O)/C=C/c1ccccc1C(=O)c1ccccc1. The van der Waals surface area contributed by atoms with E-state index in [0.29, 0.717) is 11.1 Å². The Labute approximate surface area is 112 Å². The highest BCUT2D eigenvalue weighted by Crippen LogP contribution is 2.16. The fourth-order valence-electron chi connectivity index (χ4n) is 1.80. The van der Waals surface area contributed by atoms with Gasteiger partial charge in [0.2, 0.25) is 0 Å². The maximum atomic E-state index is 12.4. The van der Waals surface area contributed by atoms with Gasteiger partial charge in [0, 0.05) is 11.1 Å². The van der Waals surface area contributed by atoms with Crippen LogP contribution in [0.1, 0.15) is 28.4 Å². The van der Waals surface area contributed by atoms with E-state index >= 15 is 0 Å². The lowest BCUT2D eigenvalue weighted by molar-refractivity contribution is -0.112. The molecule has 94 valence electrons. The van der Waals surface area contributed by atoms with Gasteiger partial charge in [-0.2, -0.15) is 0 Å². The van der Waals surface area contributed by atoms with Crippen molar-refractivity contribution in [1.82, 2.24) is 0 Å². The zero-order chi connectivity index (χ0) is 13.7. The molecule has 2 rings (SSSR count). The Balaban J connectivity index is 2.40. The van der Waals surface area contributed by atoms with Crippen molar-refractivity contribution >= 4 is 17.6 Å². The van der Waals surface area contributed by atoms with Crippen molar-refractivity contribution in [3.63, 3.8) is 0 Å². The Morgan fingerprint density at radius 2 is 1.53 bits per heavy atom. The number of rotatable bonds is 4. The van der Waals surface area contributed by atoms with Crippen LogP contribution in [0.5, 0.6) is 0 Å². The molecular weight excluding hydrogens is 236 g/mol. The smallest absolute Gasteiger partial charge is 0.193 e. The van der Waals surface area contributed by atoms with Crippen LogP contribution < -0.4 is 0 Å². The van der Waals surface area contributed by atoms with E-state index < -0.39 is 0 Å². The third-order valence-corrected chi connectivity index (χ3v) is 2.74. The van der Waals surface area contributed by atoms with Crippen LogP contribution in [-0.4, -0.2) is 11.6 Å². The lowest BCUT2D eigenvalue weighted by Crippen LogP contribution is -2.03. The minimum Gasteiger partial charge on any atom is -0.295 e. The summed E-state index contributed by atoms with van der Waals surface area (Å²) in [7, 11) is 0. The highest BCUT2D eigenvalue weighted by Gasteiger charge is 2.11. The molecule has 0 N–H and O–H groups in total. The first-order chi connectivity index (χ1) is 9.18. The Morgan fingerprint density at radius 3 is 2.21 bits per heavy atom. The van der Waals surface area contributed by atoms with Gasteiger partial charge in [-0.05, 0) is 18.6 Å². The Bertz CT molecular complexity index is 625. The van der Waals surface area contributed by atoms with Crippen LogP contribution in [0.15, 0.2) is 60.7 Å². The summed E-state index contributed by atoms with van der Waals surface area (Å²) in [6.45, 7) is 1.48. The van der Waals surface area contributed by atoms with E-state index in [1.54, 1.807) is 24.3 Å². The van der Waals surface area contributed by atoms with Crippen molar-refractivity contribution < 1.29 is 9.59 Å². The zero-order valence-electron chi connectivity index (χ0n) is 10.7. The van der Waals surface area contributed by atoms with Crippen LogP contribution >= 0.6 is 0 Å². The Kier molecular flexibility index (Phi) is 4.04. The Hall–Kier alpha value is -2.48. The summed E-state index contributed by atoms with van der Waals surface area (Å²) in [6, 6.07) is 16.4. The molecule has 0 amide bonds. The minimum atomic E-state index is -0.0398. The van der Waals surface area contributed by atoms with Crippen LogP contribution in [-0.2, 0) is 4.79 Å². The minimum absolute atomic E-state index is 0.0376. The summed E-state index contributed by atoms with van der Waals surface area (Å²) >= 11 is 0. The van der Waals surface area contributed by atoms with Crippen molar-refractivity contribution in [2.24, 2.45) is 0 Å². The highest BCUT2D eigenvalue weighted by atomic mass is 16.1. The van der Waals surface area contributed by atoms with Crippen LogP contribution in [0.3, 0.4) is 0 Å². The molecule has 0 aliphatic rings. The number of ketones is 2. The van der Waals surface area contributed by atoms with E-state index in [-0.39, 0.29) is 11.6 Å². The molecule has 0 aliphatic heterocycles. The maximum Gasteiger partial charge on any atom is 0.193 e. The molecule has 2 aromatic carbocycles. The number of allylic oxidation sites excluding steroid dienone is 1. The predicted octanol–water partition coefficient (Wildman–Crippen LogP) is 3.52. The summed E-state index contributed by atoms with van der Waals surface area (Å²) in [6.07, 6.45) is 3.15. The highest BCUT2D eigenvalue weighted by molar-refractivity contribution is 6.11. The Morgan fingerprint density at radius 1 is 0.895 bits per heavy atom. The normalized spacial score (nSPS) is 10.6. The monoisotopic (exact) mass is 250 g/mol. The first kappa shape index (κ1) is 13.0. The molecule has 0 aromatic heterocycles. The number of hydrogen-bond donors (Lipinski definition) is 0. The van der Waals surface area contributed by atoms with Gasteiger partial charge < -0.3 is 0 Å². The van der Waals surface area contributed by atoms with Crippen molar-refractivity contribution in [3.8, 4) is 0 Å². The number of benzene rings is 2. The second-order valence-corrected chi connectivity index (χ2v) is 4.23. The number of carbonyl (C=O) groups is 2. The van der Waals surface area contributed by atoms with E-state index in [9.17, 15) is 9.59 Å². The molecule has 0 fully saturated rings. The van der Waals surface area contributed by atoms with E-state index in [4.69, 9.17) is 0 Å². The van der Waals surface area contributed by atoms with Gasteiger partial charge in [0.15, 0.2) is 11.6 Å². The van der Waals surface area contributed by atoms with Crippen molar-refractivity contribution in [2.45, 2.75) is 6.92 Å². The van der Waals surface area contributed by atoms with Gasteiger partial charge in [-0.3, -0.25) is 9.59 Å². The van der Waals surface area contributed by atoms with Crippen LogP contribution in [0.25, 0.3) is 6.08 Å². The summed E-state index contributed by atoms with van der Waals surface area (Å²) in [5.41, 5.74) is 2.00. The van der Waals surface area contributed by atoms with Gasteiger partial charge >= 0.3 is 0 Å². The molecule has 19 heavy (non-hydrogen) atoms.